The van der Waals surface area contributed by atoms with E-state index in [1.165, 1.54) is 17.5 Å². The Kier molecular flexibility index (Phi) is 7.04. The van der Waals surface area contributed by atoms with E-state index < -0.39 is 28.0 Å². The highest BCUT2D eigenvalue weighted by atomic mass is 32.2. The molecule has 1 unspecified atom stereocenters. The molecule has 0 saturated carbocycles. The SMILES string of the molecule is COC(=O)[C@@H](CC(C)C)NC(=O)C1CCCN(S(=O)(=O)c2cccc3nsnc23)C1. The average molecular weight is 455 g/mol. The Labute approximate surface area is 180 Å². The molecule has 30 heavy (non-hydrogen) atoms. The Bertz CT molecular complexity index is 1020. The van der Waals surface area contributed by atoms with Crippen molar-refractivity contribution in [2.24, 2.45) is 11.8 Å². The average Bonchev–Trinajstić information content (AvgIpc) is 3.21. The molecule has 2 aromatic rings. The lowest BCUT2D eigenvalue weighted by Crippen LogP contribution is -2.49. The van der Waals surface area contributed by atoms with E-state index in [9.17, 15) is 18.0 Å². The number of ether oxygens (including phenoxy) is 1. The van der Waals surface area contributed by atoms with Crippen LogP contribution < -0.4 is 5.32 Å². The van der Waals surface area contributed by atoms with Crippen LogP contribution in [0, 0.1) is 11.8 Å². The van der Waals surface area contributed by atoms with Crippen LogP contribution in [0.5, 0.6) is 0 Å². The number of rotatable bonds is 7. The van der Waals surface area contributed by atoms with Crippen molar-refractivity contribution in [2.45, 2.75) is 44.0 Å². The number of nitrogens with zero attached hydrogens (tertiary/aromatic N) is 3. The summed E-state index contributed by atoms with van der Waals surface area (Å²) in [6, 6.07) is 4.12. The van der Waals surface area contributed by atoms with Crippen LogP contribution in [0.4, 0.5) is 0 Å². The van der Waals surface area contributed by atoms with Gasteiger partial charge in [0.2, 0.25) is 15.9 Å². The molecule has 1 aliphatic rings. The third kappa shape index (κ3) is 4.79. The zero-order valence-corrected chi connectivity index (χ0v) is 18.8. The lowest BCUT2D eigenvalue weighted by atomic mass is 9.97. The molecule has 1 aromatic carbocycles. The van der Waals surface area contributed by atoms with Gasteiger partial charge >= 0.3 is 5.97 Å². The summed E-state index contributed by atoms with van der Waals surface area (Å²) in [5.74, 6) is -1.19. The Balaban J connectivity index is 1.76. The first kappa shape index (κ1) is 22.6. The van der Waals surface area contributed by atoms with Crippen LogP contribution in [-0.4, -0.2) is 59.6 Å². The van der Waals surface area contributed by atoms with E-state index in [4.69, 9.17) is 4.74 Å². The number of benzene rings is 1. The zero-order chi connectivity index (χ0) is 21.9. The van der Waals surface area contributed by atoms with Crippen molar-refractivity contribution in [2.75, 3.05) is 20.2 Å². The standard InChI is InChI=1S/C19H26N4O5S2/c1-12(2)10-15(19(25)28-3)20-18(24)13-6-5-9-23(11-13)30(26,27)16-8-4-7-14-17(16)22-29-21-14/h4,7-8,12-13,15H,5-6,9-11H2,1-3H3,(H,20,24)/t13?,15-/m1/s1. The molecular weight excluding hydrogens is 428 g/mol. The number of carbonyl (C=O) groups is 2. The quantitative estimate of drug-likeness (QED) is 0.634. The van der Waals surface area contributed by atoms with Crippen molar-refractivity contribution in [3.05, 3.63) is 18.2 Å². The molecule has 1 aromatic heterocycles. The highest BCUT2D eigenvalue weighted by Gasteiger charge is 2.36. The van der Waals surface area contributed by atoms with Crippen LogP contribution in [0.15, 0.2) is 23.1 Å². The fraction of sp³-hybridized carbons (Fsp3) is 0.579. The van der Waals surface area contributed by atoms with Crippen LogP contribution in [0.2, 0.25) is 0 Å². The van der Waals surface area contributed by atoms with E-state index in [2.05, 4.69) is 14.1 Å². The van der Waals surface area contributed by atoms with Crippen molar-refractivity contribution < 1.29 is 22.7 Å². The Morgan fingerprint density at radius 3 is 2.80 bits per heavy atom. The predicted octanol–water partition coefficient (Wildman–Crippen LogP) is 1.80. The van der Waals surface area contributed by atoms with Gasteiger partial charge in [0, 0.05) is 13.1 Å². The van der Waals surface area contributed by atoms with E-state index in [1.54, 1.807) is 12.1 Å². The maximum atomic E-state index is 13.2. The van der Waals surface area contributed by atoms with Gasteiger partial charge in [0.15, 0.2) is 0 Å². The maximum Gasteiger partial charge on any atom is 0.328 e. The summed E-state index contributed by atoms with van der Waals surface area (Å²) in [4.78, 5) is 24.9. The molecule has 1 amide bonds. The van der Waals surface area contributed by atoms with Gasteiger partial charge in [-0.2, -0.15) is 13.1 Å². The van der Waals surface area contributed by atoms with Crippen molar-refractivity contribution in [1.82, 2.24) is 18.4 Å². The molecule has 0 radical (unpaired) electrons. The van der Waals surface area contributed by atoms with Gasteiger partial charge in [0.05, 0.1) is 24.8 Å². The Hall–Kier alpha value is -2.11. The maximum absolute atomic E-state index is 13.2. The fourth-order valence-corrected chi connectivity index (χ4v) is 5.90. The molecule has 3 rings (SSSR count). The summed E-state index contributed by atoms with van der Waals surface area (Å²) in [6.45, 7) is 4.28. The van der Waals surface area contributed by atoms with Crippen molar-refractivity contribution in [3.63, 3.8) is 0 Å². The summed E-state index contributed by atoms with van der Waals surface area (Å²) in [6.07, 6.45) is 1.55. The number of hydrogen-bond donors (Lipinski definition) is 1. The summed E-state index contributed by atoms with van der Waals surface area (Å²) in [7, 11) is -2.55. The lowest BCUT2D eigenvalue weighted by Gasteiger charge is -2.32. The molecule has 1 fully saturated rings. The first-order chi connectivity index (χ1) is 14.2. The predicted molar refractivity (Wildman–Crippen MR) is 112 cm³/mol. The number of amides is 1. The molecular formula is C19H26N4O5S2. The van der Waals surface area contributed by atoms with Gasteiger partial charge in [-0.3, -0.25) is 4.79 Å². The summed E-state index contributed by atoms with van der Waals surface area (Å²) in [5, 5.41) is 2.75. The van der Waals surface area contributed by atoms with Crippen molar-refractivity contribution in [3.8, 4) is 0 Å². The number of sulfonamides is 1. The summed E-state index contributed by atoms with van der Waals surface area (Å²) < 4.78 is 40.8. The van der Waals surface area contributed by atoms with E-state index >= 15 is 0 Å². The van der Waals surface area contributed by atoms with Crippen molar-refractivity contribution in [1.29, 1.82) is 0 Å². The first-order valence-corrected chi connectivity index (χ1v) is 12.0. The monoisotopic (exact) mass is 454 g/mol. The normalized spacial score (nSPS) is 19.0. The third-order valence-electron chi connectivity index (χ3n) is 5.13. The molecule has 9 nitrogen and oxygen atoms in total. The van der Waals surface area contributed by atoms with Gasteiger partial charge < -0.3 is 10.1 Å². The minimum atomic E-state index is -3.83. The largest absolute Gasteiger partial charge is 0.467 e. The van der Waals surface area contributed by atoms with Crippen molar-refractivity contribution >= 4 is 44.7 Å². The second-order valence-corrected chi connectivity index (χ2v) is 10.2. The second kappa shape index (κ2) is 9.36. The molecule has 1 N–H and O–H groups in total. The first-order valence-electron chi connectivity index (χ1n) is 9.83. The topological polar surface area (TPSA) is 119 Å². The van der Waals surface area contributed by atoms with Gasteiger partial charge in [0.1, 0.15) is 22.0 Å². The molecule has 11 heteroatoms. The van der Waals surface area contributed by atoms with Gasteiger partial charge in [-0.05, 0) is 37.3 Å². The summed E-state index contributed by atoms with van der Waals surface area (Å²) >= 11 is 0.961. The van der Waals surface area contributed by atoms with Crippen LogP contribution >= 0.6 is 11.7 Å². The van der Waals surface area contributed by atoms with E-state index in [-0.39, 0.29) is 23.3 Å². The lowest BCUT2D eigenvalue weighted by molar-refractivity contribution is -0.146. The third-order valence-corrected chi connectivity index (χ3v) is 7.57. The molecule has 1 aliphatic heterocycles. The highest BCUT2D eigenvalue weighted by Crippen LogP contribution is 2.28. The number of methoxy groups -OCH3 is 1. The Morgan fingerprint density at radius 2 is 2.10 bits per heavy atom. The van der Waals surface area contributed by atoms with Gasteiger partial charge in [0.25, 0.3) is 0 Å². The van der Waals surface area contributed by atoms with Gasteiger partial charge in [-0.25, -0.2) is 13.2 Å². The number of aromatic nitrogens is 2. The smallest absolute Gasteiger partial charge is 0.328 e. The molecule has 0 bridgehead atoms. The van der Waals surface area contributed by atoms with E-state index in [1.807, 2.05) is 13.8 Å². The van der Waals surface area contributed by atoms with E-state index in [0.717, 1.165) is 11.7 Å². The van der Waals surface area contributed by atoms with Crippen LogP contribution in [0.1, 0.15) is 33.1 Å². The molecule has 2 heterocycles. The van der Waals surface area contributed by atoms with Crippen LogP contribution in [0.3, 0.4) is 0 Å². The highest BCUT2D eigenvalue weighted by molar-refractivity contribution is 7.89. The molecule has 0 aliphatic carbocycles. The number of esters is 1. The van der Waals surface area contributed by atoms with Gasteiger partial charge in [-0.1, -0.05) is 19.9 Å². The zero-order valence-electron chi connectivity index (χ0n) is 17.2. The number of nitrogens with one attached hydrogen (secondary N) is 1. The number of carbonyl (C=O) groups excluding carboxylic acids is 2. The summed E-state index contributed by atoms with van der Waals surface area (Å²) in [5.41, 5.74) is 0.874. The van der Waals surface area contributed by atoms with Crippen LogP contribution in [-0.2, 0) is 24.3 Å². The van der Waals surface area contributed by atoms with Crippen LogP contribution in [0.25, 0.3) is 11.0 Å². The molecule has 164 valence electrons. The number of fused-ring (bicyclic) bond motifs is 1. The molecule has 0 spiro atoms. The molecule has 2 atom stereocenters. The van der Waals surface area contributed by atoms with Gasteiger partial charge in [-0.15, -0.1) is 0 Å². The fourth-order valence-electron chi connectivity index (χ4n) is 3.62. The minimum absolute atomic E-state index is 0.0533. The molecule has 1 saturated heterocycles. The van der Waals surface area contributed by atoms with E-state index in [0.29, 0.717) is 36.8 Å². The second-order valence-electron chi connectivity index (χ2n) is 7.80. The number of hydrogen-bond acceptors (Lipinski definition) is 8. The number of piperidine rings is 1. The Morgan fingerprint density at radius 1 is 1.33 bits per heavy atom. The minimum Gasteiger partial charge on any atom is -0.467 e.